The van der Waals surface area contributed by atoms with Gasteiger partial charge in [0.1, 0.15) is 0 Å². The van der Waals surface area contributed by atoms with E-state index in [1.165, 1.54) is 64.7 Å². The summed E-state index contributed by atoms with van der Waals surface area (Å²) >= 11 is 0. The van der Waals surface area contributed by atoms with E-state index in [-0.39, 0.29) is 0 Å². The van der Waals surface area contributed by atoms with Crippen LogP contribution in [-0.4, -0.2) is 55.1 Å². The van der Waals surface area contributed by atoms with Crippen LogP contribution < -0.4 is 5.73 Å². The van der Waals surface area contributed by atoms with Gasteiger partial charge in [0.25, 0.3) is 0 Å². The standard InChI is InChI=1S/C15H31N3/c1-2-14-5-3-6-15(13-14)18-9-4-8-17(10-7-16)11-12-18/h14-15H,2-13,16H2,1H3. The van der Waals surface area contributed by atoms with Crippen molar-refractivity contribution < 1.29 is 0 Å². The number of hydrogen-bond acceptors (Lipinski definition) is 3. The molecule has 0 bridgehead atoms. The Morgan fingerprint density at radius 3 is 2.72 bits per heavy atom. The number of nitrogens with two attached hydrogens (primary N) is 1. The summed E-state index contributed by atoms with van der Waals surface area (Å²) in [6, 6.07) is 0.876. The zero-order chi connectivity index (χ0) is 12.8. The van der Waals surface area contributed by atoms with Crippen molar-refractivity contribution in [2.24, 2.45) is 11.7 Å². The Balaban J connectivity index is 1.81. The van der Waals surface area contributed by atoms with Crippen molar-refractivity contribution in [1.29, 1.82) is 0 Å². The highest BCUT2D eigenvalue weighted by molar-refractivity contribution is 4.82. The molecule has 1 aliphatic heterocycles. The molecule has 1 saturated heterocycles. The summed E-state index contributed by atoms with van der Waals surface area (Å²) in [6.45, 7) is 9.29. The van der Waals surface area contributed by atoms with Crippen molar-refractivity contribution in [2.75, 3.05) is 39.3 Å². The average molecular weight is 253 g/mol. The quantitative estimate of drug-likeness (QED) is 0.831. The summed E-state index contributed by atoms with van der Waals surface area (Å²) in [5.41, 5.74) is 5.67. The van der Waals surface area contributed by atoms with Gasteiger partial charge in [-0.25, -0.2) is 0 Å². The molecule has 106 valence electrons. The van der Waals surface area contributed by atoms with Crippen molar-refractivity contribution >= 4 is 0 Å². The molecule has 2 N–H and O–H groups in total. The number of rotatable bonds is 4. The third kappa shape index (κ3) is 3.94. The van der Waals surface area contributed by atoms with E-state index in [1.54, 1.807) is 0 Å². The minimum absolute atomic E-state index is 0.807. The van der Waals surface area contributed by atoms with Crippen molar-refractivity contribution in [3.05, 3.63) is 0 Å². The Bertz CT molecular complexity index is 232. The molecule has 0 spiro atoms. The van der Waals surface area contributed by atoms with Gasteiger partial charge in [0, 0.05) is 32.2 Å². The molecule has 2 atom stereocenters. The van der Waals surface area contributed by atoms with Gasteiger partial charge in [-0.1, -0.05) is 26.2 Å². The molecule has 0 aromatic rings. The highest BCUT2D eigenvalue weighted by Crippen LogP contribution is 2.30. The molecule has 0 aromatic carbocycles. The van der Waals surface area contributed by atoms with Crippen LogP contribution in [0.2, 0.25) is 0 Å². The first-order valence-electron chi connectivity index (χ1n) is 8.00. The van der Waals surface area contributed by atoms with Crippen LogP contribution in [0.4, 0.5) is 0 Å². The molecular formula is C15H31N3. The Morgan fingerprint density at radius 1 is 1.06 bits per heavy atom. The van der Waals surface area contributed by atoms with E-state index >= 15 is 0 Å². The summed E-state index contributed by atoms with van der Waals surface area (Å²) in [4.78, 5) is 5.32. The number of hydrogen-bond donors (Lipinski definition) is 1. The minimum atomic E-state index is 0.807. The van der Waals surface area contributed by atoms with E-state index in [1.807, 2.05) is 0 Å². The Hall–Kier alpha value is -0.120. The SMILES string of the molecule is CCC1CCCC(N2CCCN(CCN)CC2)C1. The third-order valence-electron chi connectivity index (χ3n) is 4.92. The minimum Gasteiger partial charge on any atom is -0.329 e. The van der Waals surface area contributed by atoms with Gasteiger partial charge in [0.15, 0.2) is 0 Å². The molecule has 2 unspecified atom stereocenters. The average Bonchev–Trinajstić information content (AvgIpc) is 2.65. The first kappa shape index (κ1) is 14.3. The van der Waals surface area contributed by atoms with Gasteiger partial charge >= 0.3 is 0 Å². The third-order valence-corrected chi connectivity index (χ3v) is 4.92. The molecule has 0 radical (unpaired) electrons. The maximum Gasteiger partial charge on any atom is 0.0112 e. The molecule has 0 amide bonds. The summed E-state index contributed by atoms with van der Waals surface area (Å²) in [7, 11) is 0. The van der Waals surface area contributed by atoms with Crippen molar-refractivity contribution in [3.63, 3.8) is 0 Å². The second-order valence-electron chi connectivity index (χ2n) is 6.11. The summed E-state index contributed by atoms with van der Waals surface area (Å²) in [5, 5.41) is 0. The van der Waals surface area contributed by atoms with E-state index in [2.05, 4.69) is 16.7 Å². The first-order chi connectivity index (χ1) is 8.83. The van der Waals surface area contributed by atoms with Gasteiger partial charge in [0.05, 0.1) is 0 Å². The smallest absolute Gasteiger partial charge is 0.0112 e. The Kier molecular flexibility index (Phi) is 5.93. The van der Waals surface area contributed by atoms with Gasteiger partial charge in [-0.15, -0.1) is 0 Å². The van der Waals surface area contributed by atoms with Crippen molar-refractivity contribution in [2.45, 2.75) is 51.5 Å². The molecule has 0 aromatic heterocycles. The summed E-state index contributed by atoms with van der Waals surface area (Å²) < 4.78 is 0. The van der Waals surface area contributed by atoms with Gasteiger partial charge < -0.3 is 10.6 Å². The molecule has 1 heterocycles. The molecule has 3 heteroatoms. The van der Waals surface area contributed by atoms with Gasteiger partial charge in [-0.3, -0.25) is 4.90 Å². The molecule has 3 nitrogen and oxygen atoms in total. The van der Waals surface area contributed by atoms with E-state index in [9.17, 15) is 0 Å². The topological polar surface area (TPSA) is 32.5 Å². The van der Waals surface area contributed by atoms with Crippen LogP contribution in [0.3, 0.4) is 0 Å². The van der Waals surface area contributed by atoms with Gasteiger partial charge in [0.2, 0.25) is 0 Å². The molecule has 2 rings (SSSR count). The summed E-state index contributed by atoms with van der Waals surface area (Å²) in [5.74, 6) is 0.993. The first-order valence-corrected chi connectivity index (χ1v) is 8.00. The molecule has 18 heavy (non-hydrogen) atoms. The van der Waals surface area contributed by atoms with Crippen LogP contribution in [0.1, 0.15) is 45.4 Å². The predicted octanol–water partition coefficient (Wildman–Crippen LogP) is 1.92. The molecule has 2 fully saturated rings. The van der Waals surface area contributed by atoms with Gasteiger partial charge in [-0.05, 0) is 38.3 Å². The molecular weight excluding hydrogens is 222 g/mol. The van der Waals surface area contributed by atoms with E-state index in [0.717, 1.165) is 25.0 Å². The maximum atomic E-state index is 5.67. The fourth-order valence-electron chi connectivity index (χ4n) is 3.73. The largest absolute Gasteiger partial charge is 0.329 e. The second kappa shape index (κ2) is 7.46. The van der Waals surface area contributed by atoms with Crippen LogP contribution in [-0.2, 0) is 0 Å². The van der Waals surface area contributed by atoms with Crippen LogP contribution in [0.25, 0.3) is 0 Å². The summed E-state index contributed by atoms with van der Waals surface area (Å²) in [6.07, 6.45) is 8.52. The predicted molar refractivity (Wildman–Crippen MR) is 77.7 cm³/mol. The van der Waals surface area contributed by atoms with E-state index in [0.29, 0.717) is 0 Å². The second-order valence-corrected chi connectivity index (χ2v) is 6.11. The fourth-order valence-corrected chi connectivity index (χ4v) is 3.73. The van der Waals surface area contributed by atoms with Crippen molar-refractivity contribution in [1.82, 2.24) is 9.80 Å². The normalized spacial score (nSPS) is 32.3. The lowest BCUT2D eigenvalue weighted by atomic mass is 9.83. The fraction of sp³-hybridized carbons (Fsp3) is 1.00. The monoisotopic (exact) mass is 253 g/mol. The highest BCUT2D eigenvalue weighted by atomic mass is 15.2. The lowest BCUT2D eigenvalue weighted by Gasteiger charge is -2.36. The van der Waals surface area contributed by atoms with Crippen LogP contribution in [0.15, 0.2) is 0 Å². The highest BCUT2D eigenvalue weighted by Gasteiger charge is 2.27. The van der Waals surface area contributed by atoms with Crippen LogP contribution in [0, 0.1) is 5.92 Å². The number of nitrogens with zero attached hydrogens (tertiary/aromatic N) is 2. The van der Waals surface area contributed by atoms with E-state index < -0.39 is 0 Å². The van der Waals surface area contributed by atoms with Crippen molar-refractivity contribution in [3.8, 4) is 0 Å². The van der Waals surface area contributed by atoms with Crippen LogP contribution in [0.5, 0.6) is 0 Å². The Morgan fingerprint density at radius 2 is 1.94 bits per heavy atom. The lowest BCUT2D eigenvalue weighted by Crippen LogP contribution is -2.41. The molecule has 1 aliphatic carbocycles. The molecule has 2 aliphatic rings. The van der Waals surface area contributed by atoms with Crippen LogP contribution >= 0.6 is 0 Å². The van der Waals surface area contributed by atoms with Gasteiger partial charge in [-0.2, -0.15) is 0 Å². The molecule has 1 saturated carbocycles. The lowest BCUT2D eigenvalue weighted by molar-refractivity contribution is 0.131. The maximum absolute atomic E-state index is 5.67. The Labute approximate surface area is 113 Å². The zero-order valence-corrected chi connectivity index (χ0v) is 12.1. The zero-order valence-electron chi connectivity index (χ0n) is 12.1. The van der Waals surface area contributed by atoms with E-state index in [4.69, 9.17) is 5.73 Å².